The van der Waals surface area contributed by atoms with Crippen LogP contribution in [0.15, 0.2) is 24.3 Å². The largest absolute Gasteiger partial charge is 0.494 e. The summed E-state index contributed by atoms with van der Waals surface area (Å²) in [4.78, 5) is 12.3. The molecule has 2 unspecified atom stereocenters. The average Bonchev–Trinajstić information content (AvgIpc) is 2.94. The summed E-state index contributed by atoms with van der Waals surface area (Å²) in [5, 5.41) is 3.11. The second kappa shape index (κ2) is 9.78. The van der Waals surface area contributed by atoms with Gasteiger partial charge in [-0.2, -0.15) is 0 Å². The zero-order valence-corrected chi connectivity index (χ0v) is 14.9. The molecule has 0 radical (unpaired) electrons. The number of nitrogens with one attached hydrogen (secondary N) is 1. The molecule has 4 nitrogen and oxygen atoms in total. The Bertz CT molecular complexity index is 476. The first-order valence-electron chi connectivity index (χ1n) is 8.34. The maximum absolute atomic E-state index is 12.3. The van der Waals surface area contributed by atoms with Crippen molar-refractivity contribution in [3.05, 3.63) is 29.8 Å². The van der Waals surface area contributed by atoms with Crippen LogP contribution in [0.3, 0.4) is 0 Å². The Kier molecular flexibility index (Phi) is 8.42. The van der Waals surface area contributed by atoms with E-state index >= 15 is 0 Å². The Balaban J connectivity index is 0.00000264. The fraction of sp³-hybridized carbons (Fsp3) is 0.611. The molecular weight excluding hydrogens is 312 g/mol. The van der Waals surface area contributed by atoms with Gasteiger partial charge >= 0.3 is 0 Å². The number of benzene rings is 1. The molecule has 0 aromatic heterocycles. The molecule has 1 saturated carbocycles. The highest BCUT2D eigenvalue weighted by Crippen LogP contribution is 2.25. The number of halogens is 1. The van der Waals surface area contributed by atoms with Crippen LogP contribution in [0.25, 0.3) is 0 Å². The standard InChI is InChI=1S/C18H28N2O2.ClH/c1-13(2)10-11-22-16-8-6-14(7-9-16)18(21)20-17-5-3-4-15(17)12-19;/h6-9,13,15,17H,3-5,10-12,19H2,1-2H3,(H,20,21);1H. The van der Waals surface area contributed by atoms with Crippen LogP contribution >= 0.6 is 12.4 Å². The van der Waals surface area contributed by atoms with Gasteiger partial charge in [-0.1, -0.05) is 20.3 Å². The first-order chi connectivity index (χ1) is 10.6. The van der Waals surface area contributed by atoms with E-state index in [9.17, 15) is 4.79 Å². The van der Waals surface area contributed by atoms with Crippen LogP contribution in [0.2, 0.25) is 0 Å². The number of hydrogen-bond donors (Lipinski definition) is 2. The van der Waals surface area contributed by atoms with E-state index < -0.39 is 0 Å². The van der Waals surface area contributed by atoms with E-state index in [1.54, 1.807) is 0 Å². The zero-order chi connectivity index (χ0) is 15.9. The van der Waals surface area contributed by atoms with E-state index in [4.69, 9.17) is 10.5 Å². The van der Waals surface area contributed by atoms with E-state index in [-0.39, 0.29) is 24.4 Å². The topological polar surface area (TPSA) is 64.3 Å². The van der Waals surface area contributed by atoms with Crippen molar-refractivity contribution in [1.82, 2.24) is 5.32 Å². The van der Waals surface area contributed by atoms with Gasteiger partial charge in [0.15, 0.2) is 0 Å². The van der Waals surface area contributed by atoms with Crippen molar-refractivity contribution >= 4 is 18.3 Å². The SMILES string of the molecule is CC(C)CCOc1ccc(C(=O)NC2CCCC2CN)cc1.Cl. The van der Waals surface area contributed by atoms with E-state index in [1.165, 1.54) is 0 Å². The van der Waals surface area contributed by atoms with Crippen LogP contribution in [0.4, 0.5) is 0 Å². The molecule has 1 aliphatic carbocycles. The summed E-state index contributed by atoms with van der Waals surface area (Å²) in [6.45, 7) is 5.71. The van der Waals surface area contributed by atoms with E-state index in [2.05, 4.69) is 19.2 Å². The van der Waals surface area contributed by atoms with Gasteiger partial charge in [-0.3, -0.25) is 4.79 Å². The summed E-state index contributed by atoms with van der Waals surface area (Å²) in [5.41, 5.74) is 6.44. The van der Waals surface area contributed by atoms with Gasteiger partial charge < -0.3 is 15.8 Å². The molecular formula is C18H29ClN2O2. The smallest absolute Gasteiger partial charge is 0.251 e. The van der Waals surface area contributed by atoms with Gasteiger partial charge in [0.25, 0.3) is 5.91 Å². The molecule has 2 rings (SSSR count). The summed E-state index contributed by atoms with van der Waals surface area (Å²) in [6, 6.07) is 7.60. The summed E-state index contributed by atoms with van der Waals surface area (Å²) in [5.74, 6) is 1.85. The highest BCUT2D eigenvalue weighted by molar-refractivity contribution is 5.94. The molecule has 1 aliphatic rings. The minimum absolute atomic E-state index is 0. The second-order valence-corrected chi connectivity index (χ2v) is 6.56. The van der Waals surface area contributed by atoms with E-state index in [1.807, 2.05) is 24.3 Å². The van der Waals surface area contributed by atoms with Crippen molar-refractivity contribution in [3.63, 3.8) is 0 Å². The van der Waals surface area contributed by atoms with Crippen LogP contribution < -0.4 is 15.8 Å². The Labute approximate surface area is 145 Å². The lowest BCUT2D eigenvalue weighted by Crippen LogP contribution is -2.39. The number of ether oxygens (including phenoxy) is 1. The monoisotopic (exact) mass is 340 g/mol. The molecule has 0 heterocycles. The third-order valence-corrected chi connectivity index (χ3v) is 4.36. The Morgan fingerprint density at radius 3 is 2.61 bits per heavy atom. The second-order valence-electron chi connectivity index (χ2n) is 6.56. The number of hydrogen-bond acceptors (Lipinski definition) is 3. The average molecular weight is 341 g/mol. The maximum atomic E-state index is 12.3. The van der Waals surface area contributed by atoms with Crippen LogP contribution in [0.5, 0.6) is 5.75 Å². The van der Waals surface area contributed by atoms with Gasteiger partial charge in [-0.05, 0) is 61.9 Å². The molecule has 0 saturated heterocycles. The summed E-state index contributed by atoms with van der Waals surface area (Å²) >= 11 is 0. The predicted molar refractivity (Wildman–Crippen MR) is 96.3 cm³/mol. The first-order valence-corrected chi connectivity index (χ1v) is 8.34. The number of carbonyl (C=O) groups is 1. The predicted octanol–water partition coefficient (Wildman–Crippen LogP) is 3.39. The quantitative estimate of drug-likeness (QED) is 0.799. The van der Waals surface area contributed by atoms with Crippen LogP contribution in [-0.2, 0) is 0 Å². The lowest BCUT2D eigenvalue weighted by molar-refractivity contribution is 0.0928. The summed E-state index contributed by atoms with van der Waals surface area (Å²) < 4.78 is 5.67. The number of amides is 1. The van der Waals surface area contributed by atoms with Crippen molar-refractivity contribution in [1.29, 1.82) is 0 Å². The van der Waals surface area contributed by atoms with Crippen molar-refractivity contribution in [3.8, 4) is 5.75 Å². The molecule has 1 fully saturated rings. The van der Waals surface area contributed by atoms with E-state index in [0.29, 0.717) is 30.6 Å². The molecule has 130 valence electrons. The summed E-state index contributed by atoms with van der Waals surface area (Å²) in [6.07, 6.45) is 4.33. The highest BCUT2D eigenvalue weighted by Gasteiger charge is 2.27. The van der Waals surface area contributed by atoms with Gasteiger partial charge in [0, 0.05) is 11.6 Å². The number of carbonyl (C=O) groups excluding carboxylic acids is 1. The Hall–Kier alpha value is -1.26. The maximum Gasteiger partial charge on any atom is 0.251 e. The van der Waals surface area contributed by atoms with Crippen molar-refractivity contribution in [2.24, 2.45) is 17.6 Å². The van der Waals surface area contributed by atoms with Crippen LogP contribution in [0, 0.1) is 11.8 Å². The molecule has 3 N–H and O–H groups in total. The number of nitrogens with two attached hydrogens (primary N) is 1. The molecule has 5 heteroatoms. The van der Waals surface area contributed by atoms with Crippen LogP contribution in [0.1, 0.15) is 49.9 Å². The third-order valence-electron chi connectivity index (χ3n) is 4.36. The molecule has 2 atom stereocenters. The molecule has 23 heavy (non-hydrogen) atoms. The Morgan fingerprint density at radius 2 is 2.00 bits per heavy atom. The minimum atomic E-state index is -0.0147. The fourth-order valence-electron chi connectivity index (χ4n) is 2.88. The molecule has 0 spiro atoms. The first kappa shape index (κ1) is 19.8. The normalized spacial score (nSPS) is 20.2. The lowest BCUT2D eigenvalue weighted by atomic mass is 10.0. The lowest BCUT2D eigenvalue weighted by Gasteiger charge is -2.19. The van der Waals surface area contributed by atoms with Gasteiger partial charge in [-0.25, -0.2) is 0 Å². The highest BCUT2D eigenvalue weighted by atomic mass is 35.5. The molecule has 1 aromatic rings. The van der Waals surface area contributed by atoms with Crippen molar-refractivity contribution < 1.29 is 9.53 Å². The van der Waals surface area contributed by atoms with Gasteiger partial charge in [0.2, 0.25) is 0 Å². The van der Waals surface area contributed by atoms with Gasteiger partial charge in [-0.15, -0.1) is 12.4 Å². The molecule has 1 aromatic carbocycles. The number of rotatable bonds is 7. The van der Waals surface area contributed by atoms with Crippen molar-refractivity contribution in [2.45, 2.75) is 45.6 Å². The molecule has 0 bridgehead atoms. The third kappa shape index (κ3) is 6.04. The van der Waals surface area contributed by atoms with Crippen LogP contribution in [-0.4, -0.2) is 25.1 Å². The van der Waals surface area contributed by atoms with Gasteiger partial charge in [0.05, 0.1) is 6.61 Å². The molecule has 1 amide bonds. The van der Waals surface area contributed by atoms with E-state index in [0.717, 1.165) is 31.4 Å². The Morgan fingerprint density at radius 1 is 1.30 bits per heavy atom. The minimum Gasteiger partial charge on any atom is -0.494 e. The van der Waals surface area contributed by atoms with Gasteiger partial charge in [0.1, 0.15) is 5.75 Å². The fourth-order valence-corrected chi connectivity index (χ4v) is 2.88. The zero-order valence-electron chi connectivity index (χ0n) is 14.1. The van der Waals surface area contributed by atoms with Crippen molar-refractivity contribution in [2.75, 3.05) is 13.2 Å². The molecule has 0 aliphatic heterocycles. The summed E-state index contributed by atoms with van der Waals surface area (Å²) in [7, 11) is 0.